The summed E-state index contributed by atoms with van der Waals surface area (Å²) in [6.07, 6.45) is 10.9. The molecule has 2 aliphatic carbocycles. The van der Waals surface area contributed by atoms with Crippen LogP contribution in [0, 0.1) is 11.8 Å². The number of amides is 1. The molecule has 0 saturated heterocycles. The second kappa shape index (κ2) is 6.74. The van der Waals surface area contributed by atoms with Crippen molar-refractivity contribution in [2.24, 2.45) is 11.8 Å². The third-order valence-corrected chi connectivity index (χ3v) is 4.94. The van der Waals surface area contributed by atoms with Gasteiger partial charge in [-0.05, 0) is 31.1 Å². The highest BCUT2D eigenvalue weighted by Gasteiger charge is 2.32. The molecular formula is C16H29NO2. The third-order valence-electron chi connectivity index (χ3n) is 4.94. The maximum atomic E-state index is 11.8. The number of nitrogens with one attached hydrogen (secondary N) is 1. The summed E-state index contributed by atoms with van der Waals surface area (Å²) in [6, 6.07) is 0. The van der Waals surface area contributed by atoms with Crippen molar-refractivity contribution >= 4 is 5.91 Å². The minimum atomic E-state index is -0.652. The Labute approximate surface area is 117 Å². The molecule has 3 heteroatoms. The summed E-state index contributed by atoms with van der Waals surface area (Å²) in [7, 11) is 0. The van der Waals surface area contributed by atoms with Gasteiger partial charge in [-0.3, -0.25) is 4.79 Å². The molecule has 1 amide bonds. The lowest BCUT2D eigenvalue weighted by molar-refractivity contribution is -0.123. The zero-order valence-electron chi connectivity index (χ0n) is 12.3. The molecule has 0 aromatic heterocycles. The van der Waals surface area contributed by atoms with Gasteiger partial charge in [0.25, 0.3) is 0 Å². The highest BCUT2D eigenvalue weighted by atomic mass is 16.3. The molecule has 2 unspecified atom stereocenters. The van der Waals surface area contributed by atoms with Gasteiger partial charge in [0.1, 0.15) is 0 Å². The van der Waals surface area contributed by atoms with E-state index < -0.39 is 5.60 Å². The van der Waals surface area contributed by atoms with Crippen LogP contribution in [0.4, 0.5) is 0 Å². The van der Waals surface area contributed by atoms with Gasteiger partial charge in [0.2, 0.25) is 5.91 Å². The maximum absolute atomic E-state index is 11.8. The Kier molecular flexibility index (Phi) is 5.26. The van der Waals surface area contributed by atoms with Crippen LogP contribution >= 0.6 is 0 Å². The molecule has 0 aromatic carbocycles. The molecule has 2 atom stereocenters. The summed E-state index contributed by atoms with van der Waals surface area (Å²) in [5, 5.41) is 13.4. The molecule has 110 valence electrons. The van der Waals surface area contributed by atoms with Crippen LogP contribution in [0.2, 0.25) is 0 Å². The molecule has 0 bridgehead atoms. The summed E-state index contributed by atoms with van der Waals surface area (Å²) in [6.45, 7) is 2.63. The third kappa shape index (κ3) is 4.79. The number of carbonyl (C=O) groups excluding carboxylic acids is 1. The molecule has 0 spiro atoms. The highest BCUT2D eigenvalue weighted by molar-refractivity contribution is 5.75. The van der Waals surface area contributed by atoms with Crippen molar-refractivity contribution < 1.29 is 9.90 Å². The van der Waals surface area contributed by atoms with E-state index in [1.165, 1.54) is 32.1 Å². The Morgan fingerprint density at radius 2 is 2.00 bits per heavy atom. The summed E-state index contributed by atoms with van der Waals surface area (Å²) >= 11 is 0. The van der Waals surface area contributed by atoms with Gasteiger partial charge in [-0.1, -0.05) is 45.4 Å². The average Bonchev–Trinajstić information content (AvgIpc) is 2.87. The van der Waals surface area contributed by atoms with Crippen LogP contribution in [0.1, 0.15) is 71.1 Å². The first-order chi connectivity index (χ1) is 9.07. The number of rotatable bonds is 5. The van der Waals surface area contributed by atoms with Crippen molar-refractivity contribution in [3.8, 4) is 0 Å². The first kappa shape index (κ1) is 14.8. The molecular weight excluding hydrogens is 238 g/mol. The predicted octanol–water partition coefficient (Wildman–Crippen LogP) is 3.01. The van der Waals surface area contributed by atoms with E-state index in [0.717, 1.165) is 31.6 Å². The van der Waals surface area contributed by atoms with Crippen molar-refractivity contribution in [2.75, 3.05) is 6.54 Å². The van der Waals surface area contributed by atoms with E-state index in [4.69, 9.17) is 0 Å². The van der Waals surface area contributed by atoms with Crippen molar-refractivity contribution in [1.82, 2.24) is 5.32 Å². The van der Waals surface area contributed by atoms with Gasteiger partial charge in [0, 0.05) is 13.0 Å². The van der Waals surface area contributed by atoms with Crippen LogP contribution in [0.15, 0.2) is 0 Å². The van der Waals surface area contributed by atoms with E-state index in [1.807, 2.05) is 0 Å². The largest absolute Gasteiger partial charge is 0.388 e. The molecule has 2 rings (SSSR count). The monoisotopic (exact) mass is 267 g/mol. The van der Waals surface area contributed by atoms with Crippen LogP contribution < -0.4 is 5.32 Å². The summed E-state index contributed by atoms with van der Waals surface area (Å²) in [5.74, 6) is 1.47. The van der Waals surface area contributed by atoms with Gasteiger partial charge in [-0.15, -0.1) is 0 Å². The maximum Gasteiger partial charge on any atom is 0.220 e. The second-order valence-electron chi connectivity index (χ2n) is 6.89. The van der Waals surface area contributed by atoms with Crippen molar-refractivity contribution in [3.63, 3.8) is 0 Å². The first-order valence-corrected chi connectivity index (χ1v) is 8.06. The first-order valence-electron chi connectivity index (χ1n) is 8.06. The van der Waals surface area contributed by atoms with Gasteiger partial charge in [0.15, 0.2) is 0 Å². The molecule has 2 aliphatic rings. The van der Waals surface area contributed by atoms with Crippen molar-refractivity contribution in [1.29, 1.82) is 0 Å². The van der Waals surface area contributed by atoms with Crippen LogP contribution in [0.3, 0.4) is 0 Å². The van der Waals surface area contributed by atoms with E-state index in [9.17, 15) is 9.90 Å². The Morgan fingerprint density at radius 1 is 1.26 bits per heavy atom. The Balaban J connectivity index is 1.64. The summed E-state index contributed by atoms with van der Waals surface area (Å²) < 4.78 is 0. The lowest BCUT2D eigenvalue weighted by atomic mass is 9.79. The number of carbonyl (C=O) groups is 1. The van der Waals surface area contributed by atoms with E-state index in [1.54, 1.807) is 0 Å². The van der Waals surface area contributed by atoms with Gasteiger partial charge in [-0.2, -0.15) is 0 Å². The molecule has 3 nitrogen and oxygen atoms in total. The molecule has 19 heavy (non-hydrogen) atoms. The Morgan fingerprint density at radius 3 is 2.68 bits per heavy atom. The minimum absolute atomic E-state index is 0.124. The van der Waals surface area contributed by atoms with E-state index in [0.29, 0.717) is 18.9 Å². The van der Waals surface area contributed by atoms with Crippen LogP contribution in [0.5, 0.6) is 0 Å². The number of hydrogen-bond donors (Lipinski definition) is 2. The van der Waals surface area contributed by atoms with E-state index in [2.05, 4.69) is 12.2 Å². The molecule has 2 fully saturated rings. The predicted molar refractivity (Wildman–Crippen MR) is 76.8 cm³/mol. The lowest BCUT2D eigenvalue weighted by Crippen LogP contribution is -2.45. The molecule has 0 radical (unpaired) electrons. The van der Waals surface area contributed by atoms with Gasteiger partial charge < -0.3 is 10.4 Å². The Bertz CT molecular complexity index is 299. The lowest BCUT2D eigenvalue weighted by Gasteiger charge is -2.35. The molecule has 0 heterocycles. The molecule has 0 aliphatic heterocycles. The number of hydrogen-bond acceptors (Lipinski definition) is 2. The molecule has 2 N–H and O–H groups in total. The van der Waals surface area contributed by atoms with Crippen LogP contribution in [-0.4, -0.2) is 23.2 Å². The summed E-state index contributed by atoms with van der Waals surface area (Å²) in [5.41, 5.74) is -0.652. The fourth-order valence-electron chi connectivity index (χ4n) is 3.78. The normalized spacial score (nSPS) is 32.4. The van der Waals surface area contributed by atoms with Gasteiger partial charge in [-0.25, -0.2) is 0 Å². The minimum Gasteiger partial charge on any atom is -0.388 e. The summed E-state index contributed by atoms with van der Waals surface area (Å²) in [4.78, 5) is 11.8. The van der Waals surface area contributed by atoms with Gasteiger partial charge >= 0.3 is 0 Å². The topological polar surface area (TPSA) is 49.3 Å². The zero-order valence-corrected chi connectivity index (χ0v) is 12.3. The van der Waals surface area contributed by atoms with Crippen molar-refractivity contribution in [2.45, 2.75) is 76.7 Å². The molecule has 2 saturated carbocycles. The average molecular weight is 267 g/mol. The van der Waals surface area contributed by atoms with Crippen molar-refractivity contribution in [3.05, 3.63) is 0 Å². The number of aliphatic hydroxyl groups is 1. The fraction of sp³-hybridized carbons (Fsp3) is 0.938. The van der Waals surface area contributed by atoms with E-state index >= 15 is 0 Å². The smallest absolute Gasteiger partial charge is 0.220 e. The quantitative estimate of drug-likeness (QED) is 0.804. The van der Waals surface area contributed by atoms with Crippen LogP contribution in [-0.2, 0) is 4.79 Å². The standard InChI is InChI=1S/C16H29NO2/c1-13-5-4-10-16(19,11-13)12-17-15(18)9-8-14-6-2-3-7-14/h13-14,19H,2-12H2,1H3,(H,17,18). The van der Waals surface area contributed by atoms with E-state index in [-0.39, 0.29) is 5.91 Å². The van der Waals surface area contributed by atoms with Crippen LogP contribution in [0.25, 0.3) is 0 Å². The Hall–Kier alpha value is -0.570. The highest BCUT2D eigenvalue weighted by Crippen LogP contribution is 2.32. The second-order valence-corrected chi connectivity index (χ2v) is 6.89. The SMILES string of the molecule is CC1CCCC(O)(CNC(=O)CCC2CCCC2)C1. The zero-order chi connectivity index (χ0) is 13.7. The fourth-order valence-corrected chi connectivity index (χ4v) is 3.78. The molecule has 0 aromatic rings. The van der Waals surface area contributed by atoms with Gasteiger partial charge in [0.05, 0.1) is 5.60 Å².